The van der Waals surface area contributed by atoms with Crippen LogP contribution in [-0.4, -0.2) is 39.0 Å². The number of hydrogen-bond acceptors (Lipinski definition) is 3. The highest BCUT2D eigenvalue weighted by Gasteiger charge is 2.25. The second kappa shape index (κ2) is 6.58. The molecule has 0 spiro atoms. The van der Waals surface area contributed by atoms with E-state index < -0.39 is 5.97 Å². The Morgan fingerprint density at radius 1 is 1.38 bits per heavy atom. The first kappa shape index (κ1) is 15.3. The number of thiophene rings is 1. The first-order valence-corrected chi connectivity index (χ1v) is 7.66. The minimum atomic E-state index is -0.898. The fourth-order valence-electron chi connectivity index (χ4n) is 2.31. The summed E-state index contributed by atoms with van der Waals surface area (Å²) >= 11 is 1.38. The van der Waals surface area contributed by atoms with Gasteiger partial charge in [0.1, 0.15) is 4.88 Å². The summed E-state index contributed by atoms with van der Waals surface area (Å²) in [5, 5.41) is 10.8. The Morgan fingerprint density at radius 3 is 2.62 bits per heavy atom. The van der Waals surface area contributed by atoms with Gasteiger partial charge in [0.05, 0.1) is 12.1 Å². The van der Waals surface area contributed by atoms with Crippen molar-refractivity contribution in [1.82, 2.24) is 9.47 Å². The van der Waals surface area contributed by atoms with Crippen LogP contribution in [0.2, 0.25) is 0 Å². The molecule has 0 saturated carbocycles. The Bertz CT molecular complexity index is 619. The summed E-state index contributed by atoms with van der Waals surface area (Å²) in [5.74, 6) is -1.02. The summed E-state index contributed by atoms with van der Waals surface area (Å²) in [6.45, 7) is 4.11. The van der Waals surface area contributed by atoms with Crippen LogP contribution in [0.1, 0.15) is 29.9 Å². The number of carboxylic acids is 1. The number of aromatic nitrogens is 1. The van der Waals surface area contributed by atoms with E-state index in [2.05, 4.69) is 0 Å². The monoisotopic (exact) mass is 306 g/mol. The molecule has 0 aliphatic carbocycles. The van der Waals surface area contributed by atoms with Crippen molar-refractivity contribution in [2.24, 2.45) is 0 Å². The molecule has 112 valence electrons. The van der Waals surface area contributed by atoms with Crippen molar-refractivity contribution in [2.45, 2.75) is 26.3 Å². The number of carbonyl (C=O) groups excluding carboxylic acids is 1. The van der Waals surface area contributed by atoms with E-state index in [1.165, 1.54) is 11.3 Å². The molecule has 0 bridgehead atoms. The zero-order valence-corrected chi connectivity index (χ0v) is 12.8. The van der Waals surface area contributed by atoms with E-state index in [1.54, 1.807) is 11.8 Å². The van der Waals surface area contributed by atoms with Crippen molar-refractivity contribution in [3.05, 3.63) is 40.8 Å². The van der Waals surface area contributed by atoms with Crippen molar-refractivity contribution in [2.75, 3.05) is 6.54 Å². The molecular formula is C15H18N2O3S. The van der Waals surface area contributed by atoms with Gasteiger partial charge in [-0.25, -0.2) is 0 Å². The van der Waals surface area contributed by atoms with E-state index in [0.717, 1.165) is 5.69 Å². The molecule has 0 aliphatic heterocycles. The molecular weight excluding hydrogens is 288 g/mol. The van der Waals surface area contributed by atoms with Crippen molar-refractivity contribution in [1.29, 1.82) is 0 Å². The average Bonchev–Trinajstić information content (AvgIpc) is 3.09. The second-order valence-corrected chi connectivity index (χ2v) is 5.68. The Labute approximate surface area is 127 Å². The summed E-state index contributed by atoms with van der Waals surface area (Å²) in [7, 11) is 0. The molecule has 0 aliphatic rings. The lowest BCUT2D eigenvalue weighted by atomic mass is 10.2. The van der Waals surface area contributed by atoms with Crippen LogP contribution in [0.15, 0.2) is 36.0 Å². The van der Waals surface area contributed by atoms with Crippen LogP contribution in [0.25, 0.3) is 5.69 Å². The number of nitrogens with zero attached hydrogens (tertiary/aromatic N) is 2. The van der Waals surface area contributed by atoms with Gasteiger partial charge < -0.3 is 14.6 Å². The van der Waals surface area contributed by atoms with Gasteiger partial charge in [-0.15, -0.1) is 11.3 Å². The Hall–Kier alpha value is -2.08. The molecule has 21 heavy (non-hydrogen) atoms. The molecule has 1 amide bonds. The van der Waals surface area contributed by atoms with E-state index in [4.69, 9.17) is 5.11 Å². The van der Waals surface area contributed by atoms with Gasteiger partial charge in [0.25, 0.3) is 5.91 Å². The van der Waals surface area contributed by atoms with Gasteiger partial charge in [-0.1, -0.05) is 0 Å². The Kier molecular flexibility index (Phi) is 4.80. The van der Waals surface area contributed by atoms with Crippen molar-refractivity contribution < 1.29 is 14.7 Å². The molecule has 1 N–H and O–H groups in total. The van der Waals surface area contributed by atoms with Gasteiger partial charge >= 0.3 is 5.97 Å². The van der Waals surface area contributed by atoms with Crippen LogP contribution in [-0.2, 0) is 4.79 Å². The first-order chi connectivity index (χ1) is 10.0. The lowest BCUT2D eigenvalue weighted by Gasteiger charge is -2.27. The second-order valence-electron chi connectivity index (χ2n) is 4.76. The summed E-state index contributed by atoms with van der Waals surface area (Å²) in [6, 6.07) is 5.36. The first-order valence-electron chi connectivity index (χ1n) is 6.78. The van der Waals surface area contributed by atoms with Crippen LogP contribution in [0, 0.1) is 0 Å². The highest BCUT2D eigenvalue weighted by molar-refractivity contribution is 7.12. The molecule has 0 saturated heterocycles. The van der Waals surface area contributed by atoms with Gasteiger partial charge in [-0.3, -0.25) is 9.59 Å². The summed E-state index contributed by atoms with van der Waals surface area (Å²) < 4.78 is 1.89. The number of rotatable bonds is 6. The molecule has 2 aromatic rings. The third kappa shape index (κ3) is 3.33. The van der Waals surface area contributed by atoms with Crippen LogP contribution in [0.3, 0.4) is 0 Å². The van der Waals surface area contributed by atoms with Gasteiger partial charge in [0.15, 0.2) is 0 Å². The number of carbonyl (C=O) groups is 2. The number of aliphatic carboxylic acids is 1. The molecule has 0 aromatic carbocycles. The van der Waals surface area contributed by atoms with Gasteiger partial charge in [0.2, 0.25) is 0 Å². The lowest BCUT2D eigenvalue weighted by molar-refractivity contribution is -0.138. The van der Waals surface area contributed by atoms with E-state index in [9.17, 15) is 9.59 Å². The van der Waals surface area contributed by atoms with Crippen molar-refractivity contribution in [3.8, 4) is 5.69 Å². The third-order valence-corrected chi connectivity index (χ3v) is 4.22. The minimum absolute atomic E-state index is 0.0518. The summed E-state index contributed by atoms with van der Waals surface area (Å²) in [4.78, 5) is 25.8. The van der Waals surface area contributed by atoms with Crippen molar-refractivity contribution >= 4 is 23.2 Å². The topological polar surface area (TPSA) is 62.5 Å². The van der Waals surface area contributed by atoms with E-state index in [0.29, 0.717) is 11.4 Å². The normalized spacial score (nSPS) is 12.1. The zero-order chi connectivity index (χ0) is 15.4. The maximum Gasteiger partial charge on any atom is 0.305 e. The number of amides is 1. The Balaban J connectivity index is 2.27. The molecule has 0 fully saturated rings. The SMILES string of the molecule is CCN(C(=O)c1sccc1-n1cccc1)C(C)CC(=O)O. The largest absolute Gasteiger partial charge is 0.481 e. The quantitative estimate of drug-likeness (QED) is 0.892. The van der Waals surface area contributed by atoms with E-state index >= 15 is 0 Å². The molecule has 0 radical (unpaired) electrons. The molecule has 2 aromatic heterocycles. The van der Waals surface area contributed by atoms with Crippen LogP contribution < -0.4 is 0 Å². The Morgan fingerprint density at radius 2 is 2.05 bits per heavy atom. The number of hydrogen-bond donors (Lipinski definition) is 1. The highest BCUT2D eigenvalue weighted by atomic mass is 32.1. The molecule has 1 atom stereocenters. The minimum Gasteiger partial charge on any atom is -0.481 e. The van der Waals surface area contributed by atoms with E-state index in [-0.39, 0.29) is 18.4 Å². The maximum atomic E-state index is 12.7. The molecule has 2 heterocycles. The molecule has 6 heteroatoms. The van der Waals surface area contributed by atoms with Crippen LogP contribution >= 0.6 is 11.3 Å². The molecule has 5 nitrogen and oxygen atoms in total. The van der Waals surface area contributed by atoms with Crippen LogP contribution in [0.4, 0.5) is 0 Å². The van der Waals surface area contributed by atoms with Gasteiger partial charge in [-0.2, -0.15) is 0 Å². The predicted octanol–water partition coefficient (Wildman–Crippen LogP) is 2.86. The average molecular weight is 306 g/mol. The summed E-state index contributed by atoms with van der Waals surface area (Å²) in [6.07, 6.45) is 3.72. The number of carboxylic acid groups (broad SMARTS) is 1. The van der Waals surface area contributed by atoms with Gasteiger partial charge in [0, 0.05) is 25.0 Å². The fourth-order valence-corrected chi connectivity index (χ4v) is 3.16. The molecule has 1 unspecified atom stereocenters. The highest BCUT2D eigenvalue weighted by Crippen LogP contribution is 2.24. The smallest absolute Gasteiger partial charge is 0.305 e. The van der Waals surface area contributed by atoms with Crippen LogP contribution in [0.5, 0.6) is 0 Å². The predicted molar refractivity (Wildman–Crippen MR) is 82.1 cm³/mol. The fraction of sp³-hybridized carbons (Fsp3) is 0.333. The van der Waals surface area contributed by atoms with E-state index in [1.807, 2.05) is 47.5 Å². The van der Waals surface area contributed by atoms with Crippen molar-refractivity contribution in [3.63, 3.8) is 0 Å². The standard InChI is InChI=1S/C15H18N2O3S/c1-3-17(11(2)10-13(18)19)15(20)14-12(6-9-21-14)16-7-4-5-8-16/h4-9,11H,3,10H2,1-2H3,(H,18,19). The third-order valence-electron chi connectivity index (χ3n) is 3.32. The lowest BCUT2D eigenvalue weighted by Crippen LogP contribution is -2.39. The zero-order valence-electron chi connectivity index (χ0n) is 12.0. The summed E-state index contributed by atoms with van der Waals surface area (Å²) in [5.41, 5.74) is 0.830. The maximum absolute atomic E-state index is 12.7. The molecule has 2 rings (SSSR count). The van der Waals surface area contributed by atoms with Gasteiger partial charge in [-0.05, 0) is 37.4 Å².